The number of aryl methyl sites for hydroxylation is 1. The average Bonchev–Trinajstić information content (AvgIpc) is 2.61. The van der Waals surface area contributed by atoms with Gasteiger partial charge in [0.15, 0.2) is 0 Å². The SMILES string of the molecule is CC(C)(C)[NH-].Cc1cc2c(Br)cccc2[cH-]1.[CH3-].[CH3-].[H-].[H-].[H-].[Si]=[Zr]. The van der Waals surface area contributed by atoms with Crippen molar-refractivity contribution in [2.75, 3.05) is 0 Å². The van der Waals surface area contributed by atoms with Crippen molar-refractivity contribution in [3.63, 3.8) is 0 Å². The fourth-order valence-electron chi connectivity index (χ4n) is 1.35. The van der Waals surface area contributed by atoms with Crippen LogP contribution in [0.1, 0.15) is 30.6 Å². The van der Waals surface area contributed by atoms with E-state index in [1.165, 1.54) is 44.1 Å². The fraction of sp³-hybridized carbons (Fsp3) is 0.312. The van der Waals surface area contributed by atoms with Gasteiger partial charge in [-0.15, -0.1) is 40.1 Å². The number of rotatable bonds is 0. The van der Waals surface area contributed by atoms with Crippen molar-refractivity contribution in [3.05, 3.63) is 61.0 Å². The van der Waals surface area contributed by atoms with E-state index >= 15 is 0 Å². The first kappa shape index (κ1) is 25.3. The monoisotopic (exact) mass is 430 g/mol. The number of fused-ring (bicyclic) bond motifs is 1. The molecule has 0 saturated heterocycles. The van der Waals surface area contributed by atoms with Crippen LogP contribution in [0.4, 0.5) is 0 Å². The van der Waals surface area contributed by atoms with E-state index in [1.807, 2.05) is 20.8 Å². The zero-order chi connectivity index (χ0) is 14.3. The first-order chi connectivity index (χ1) is 8.27. The topological polar surface area (TPSA) is 23.8 Å². The van der Waals surface area contributed by atoms with Gasteiger partial charge in [0.1, 0.15) is 0 Å². The average molecular weight is 433 g/mol. The summed E-state index contributed by atoms with van der Waals surface area (Å²) >= 11 is 4.87. The molecule has 0 aromatic heterocycles. The van der Waals surface area contributed by atoms with Gasteiger partial charge in [-0.3, -0.25) is 0 Å². The molecule has 0 aliphatic carbocycles. The van der Waals surface area contributed by atoms with Crippen LogP contribution < -0.4 is 0 Å². The summed E-state index contributed by atoms with van der Waals surface area (Å²) in [6.45, 7) is 10.7. The Kier molecular flexibility index (Phi) is 15.2. The first-order valence-electron chi connectivity index (χ1n) is 5.59. The summed E-state index contributed by atoms with van der Waals surface area (Å²) in [5.41, 5.74) is 8.01. The Bertz CT molecular complexity index is 496. The second-order valence-electron chi connectivity index (χ2n) is 5.03. The van der Waals surface area contributed by atoms with Crippen molar-refractivity contribution in [1.29, 1.82) is 0 Å². The third-order valence-electron chi connectivity index (χ3n) is 1.84. The van der Waals surface area contributed by atoms with Crippen molar-refractivity contribution >= 4 is 33.6 Å². The zero-order valence-electron chi connectivity index (χ0n) is 16.3. The number of halogens is 1. The molecule has 2 rings (SSSR count). The van der Waals surface area contributed by atoms with E-state index in [-0.39, 0.29) is 24.7 Å². The molecule has 2 aromatic rings. The number of benzene rings is 1. The van der Waals surface area contributed by atoms with Crippen LogP contribution in [0.5, 0.6) is 0 Å². The van der Waals surface area contributed by atoms with E-state index < -0.39 is 0 Å². The molecule has 2 radical (unpaired) electrons. The van der Waals surface area contributed by atoms with Gasteiger partial charge in [-0.05, 0) is 4.47 Å². The van der Waals surface area contributed by atoms with Crippen LogP contribution in [-0.4, -0.2) is 12.4 Å². The molecule has 1 N–H and O–H groups in total. The molecular weight excluding hydrogens is 405 g/mol. The molecule has 2 aromatic carbocycles. The summed E-state index contributed by atoms with van der Waals surface area (Å²) in [6, 6.07) is 10.7. The normalized spacial score (nSPS) is 9.05. The Balaban J connectivity index is -0.0000000540. The summed E-state index contributed by atoms with van der Waals surface area (Å²) in [6.07, 6.45) is 0. The second-order valence-corrected chi connectivity index (χ2v) is 5.88. The van der Waals surface area contributed by atoms with Crippen LogP contribution >= 0.6 is 15.9 Å². The summed E-state index contributed by atoms with van der Waals surface area (Å²) in [5.74, 6) is 0. The predicted molar refractivity (Wildman–Crippen MR) is 98.0 cm³/mol. The van der Waals surface area contributed by atoms with E-state index in [0.29, 0.717) is 0 Å². The molecule has 0 saturated carbocycles. The molecule has 0 fully saturated rings. The number of hydrogen-bond acceptors (Lipinski definition) is 0. The molecule has 0 spiro atoms. The Morgan fingerprint density at radius 1 is 1.25 bits per heavy atom. The third-order valence-corrected chi connectivity index (χ3v) is 2.53. The van der Waals surface area contributed by atoms with Gasteiger partial charge in [0.2, 0.25) is 0 Å². The van der Waals surface area contributed by atoms with Gasteiger partial charge in [-0.25, -0.2) is 0 Å². The second kappa shape index (κ2) is 12.0. The predicted octanol–water partition coefficient (Wildman–Crippen LogP) is 6.32. The number of hydrogen-bond donors (Lipinski definition) is 0. The maximum absolute atomic E-state index is 6.94. The molecule has 0 aliphatic heterocycles. The molecular formula is C16H27BrNSiZr-7. The van der Waals surface area contributed by atoms with E-state index in [4.69, 9.17) is 5.73 Å². The summed E-state index contributed by atoms with van der Waals surface area (Å²) in [5, 5.41) is 2.63. The Morgan fingerprint density at radius 2 is 1.70 bits per heavy atom. The minimum absolute atomic E-state index is 0. The molecule has 1 nitrogen and oxygen atoms in total. The zero-order valence-corrected chi connectivity index (χ0v) is 18.3. The molecule has 4 heteroatoms. The maximum atomic E-state index is 6.94. The van der Waals surface area contributed by atoms with Gasteiger partial charge in [0.05, 0.1) is 0 Å². The molecule has 0 amide bonds. The van der Waals surface area contributed by atoms with Gasteiger partial charge in [-0.2, -0.15) is 6.07 Å². The summed E-state index contributed by atoms with van der Waals surface area (Å²) in [4.78, 5) is 0. The van der Waals surface area contributed by atoms with Crippen molar-refractivity contribution in [2.24, 2.45) is 0 Å². The van der Waals surface area contributed by atoms with Crippen molar-refractivity contribution in [1.82, 2.24) is 0 Å². The van der Waals surface area contributed by atoms with Gasteiger partial charge in [0, 0.05) is 0 Å². The van der Waals surface area contributed by atoms with Gasteiger partial charge in [0.25, 0.3) is 0 Å². The van der Waals surface area contributed by atoms with Crippen LogP contribution in [-0.2, 0) is 23.3 Å². The van der Waals surface area contributed by atoms with E-state index in [0.717, 1.165) is 0 Å². The van der Waals surface area contributed by atoms with Crippen LogP contribution in [0.15, 0.2) is 34.8 Å². The van der Waals surface area contributed by atoms with Gasteiger partial charge < -0.3 is 24.9 Å². The van der Waals surface area contributed by atoms with Gasteiger partial charge >= 0.3 is 30.2 Å². The quantitative estimate of drug-likeness (QED) is 0.344. The van der Waals surface area contributed by atoms with Crippen LogP contribution in [0, 0.1) is 21.8 Å². The Hall–Kier alpha value is 0.370. The molecule has 20 heavy (non-hydrogen) atoms. The Labute approximate surface area is 154 Å². The van der Waals surface area contributed by atoms with E-state index in [9.17, 15) is 0 Å². The van der Waals surface area contributed by atoms with Crippen LogP contribution in [0.25, 0.3) is 16.5 Å². The molecule has 0 bridgehead atoms. The van der Waals surface area contributed by atoms with Crippen molar-refractivity contribution < 1.29 is 27.6 Å². The van der Waals surface area contributed by atoms with E-state index in [1.54, 1.807) is 0 Å². The van der Waals surface area contributed by atoms with E-state index in [2.05, 4.69) is 60.1 Å². The van der Waals surface area contributed by atoms with Crippen molar-refractivity contribution in [3.8, 4) is 0 Å². The fourth-order valence-corrected chi connectivity index (χ4v) is 1.84. The van der Waals surface area contributed by atoms with Crippen LogP contribution in [0.2, 0.25) is 0 Å². The molecule has 0 heterocycles. The molecule has 118 valence electrons. The first-order valence-corrected chi connectivity index (χ1v) is 10.6. The number of nitrogens with one attached hydrogen (secondary N) is 1. The molecule has 0 aliphatic rings. The molecule has 0 atom stereocenters. The third kappa shape index (κ3) is 11.1. The van der Waals surface area contributed by atoms with Crippen LogP contribution in [0.3, 0.4) is 0 Å². The van der Waals surface area contributed by atoms with Gasteiger partial charge in [-0.1, -0.05) is 49.7 Å². The van der Waals surface area contributed by atoms with Crippen molar-refractivity contribution in [2.45, 2.75) is 33.2 Å². The summed E-state index contributed by atoms with van der Waals surface area (Å²) in [7, 11) is 0. The minimum atomic E-state index is -0.250. The molecule has 0 unspecified atom stereocenters. The Morgan fingerprint density at radius 3 is 2.10 bits per heavy atom. The summed E-state index contributed by atoms with van der Waals surface area (Å²) < 4.78 is 1.18. The standard InChI is InChI=1S/C10H8Br.C4H10N.2CH3.Si.Zr.3H/c1-7-5-8-3-2-4-10(11)9(8)6-7;1-4(2,3)5;;;;;;;/h2-6H,1H3;5H,1-3H3;2*1H3;;;;;/q4*-1;;;3*-1.